The molecule has 0 N–H and O–H groups in total. The Bertz CT molecular complexity index is 1130. The normalized spacial score (nSPS) is 15.9. The van der Waals surface area contributed by atoms with Gasteiger partial charge in [0, 0.05) is 7.05 Å². The monoisotopic (exact) mass is 365 g/mol. The quantitative estimate of drug-likeness (QED) is 0.712. The number of aryl methyl sites for hydroxylation is 1. The number of benzene rings is 2. The molecule has 4 rings (SSSR count). The molecule has 0 bridgehead atoms. The highest BCUT2D eigenvalue weighted by Crippen LogP contribution is 2.39. The summed E-state index contributed by atoms with van der Waals surface area (Å²) in [5.41, 5.74) is 2.29. The Kier molecular flexibility index (Phi) is 3.91. The Labute approximate surface area is 155 Å². The second kappa shape index (κ2) is 6.16. The highest BCUT2D eigenvalue weighted by molar-refractivity contribution is 5.98. The number of fused-ring (bicyclic) bond motifs is 2. The largest absolute Gasteiger partial charge is 0.493 e. The van der Waals surface area contributed by atoms with Gasteiger partial charge >= 0.3 is 0 Å². The van der Waals surface area contributed by atoms with Crippen LogP contribution in [-0.2, 0) is 0 Å². The summed E-state index contributed by atoms with van der Waals surface area (Å²) in [6, 6.07) is 10.2. The van der Waals surface area contributed by atoms with Crippen molar-refractivity contribution in [1.82, 2.24) is 4.90 Å². The number of nitrogens with zero attached hydrogens (tertiary/aromatic N) is 1. The molecule has 0 saturated heterocycles. The van der Waals surface area contributed by atoms with E-state index in [0.29, 0.717) is 28.0 Å². The number of rotatable bonds is 3. The van der Waals surface area contributed by atoms with Gasteiger partial charge in [0.1, 0.15) is 5.58 Å². The molecular weight excluding hydrogens is 346 g/mol. The first-order valence-electron chi connectivity index (χ1n) is 8.52. The predicted octanol–water partition coefficient (Wildman–Crippen LogP) is 3.29. The molecule has 3 aromatic rings. The first kappa shape index (κ1) is 17.1. The van der Waals surface area contributed by atoms with E-state index in [0.717, 1.165) is 11.1 Å². The van der Waals surface area contributed by atoms with Crippen LogP contribution < -0.4 is 14.9 Å². The van der Waals surface area contributed by atoms with Crippen molar-refractivity contribution in [3.63, 3.8) is 0 Å². The van der Waals surface area contributed by atoms with Crippen molar-refractivity contribution in [3.05, 3.63) is 69.1 Å². The van der Waals surface area contributed by atoms with Crippen LogP contribution in [0.25, 0.3) is 11.0 Å². The zero-order valence-electron chi connectivity index (χ0n) is 15.5. The van der Waals surface area contributed by atoms with E-state index < -0.39 is 6.04 Å². The molecule has 6 heteroatoms. The van der Waals surface area contributed by atoms with Crippen LogP contribution in [0.15, 0.2) is 45.6 Å². The van der Waals surface area contributed by atoms with E-state index in [1.165, 1.54) is 4.90 Å². The Morgan fingerprint density at radius 1 is 1.00 bits per heavy atom. The smallest absolute Gasteiger partial charge is 0.290 e. The first-order chi connectivity index (χ1) is 13.0. The highest BCUT2D eigenvalue weighted by atomic mass is 16.5. The minimum Gasteiger partial charge on any atom is -0.493 e. The van der Waals surface area contributed by atoms with Crippen LogP contribution >= 0.6 is 0 Å². The van der Waals surface area contributed by atoms with Gasteiger partial charge in [-0.25, -0.2) is 0 Å². The minimum atomic E-state index is -0.548. The molecule has 0 radical (unpaired) electrons. The van der Waals surface area contributed by atoms with Gasteiger partial charge < -0.3 is 18.8 Å². The fourth-order valence-electron chi connectivity index (χ4n) is 3.61. The van der Waals surface area contributed by atoms with Gasteiger partial charge in [0.25, 0.3) is 5.91 Å². The zero-order valence-corrected chi connectivity index (χ0v) is 15.5. The lowest BCUT2D eigenvalue weighted by Crippen LogP contribution is -2.25. The summed E-state index contributed by atoms with van der Waals surface area (Å²) in [4.78, 5) is 27.5. The van der Waals surface area contributed by atoms with Crippen molar-refractivity contribution >= 4 is 16.9 Å². The lowest BCUT2D eigenvalue weighted by Gasteiger charge is -2.21. The van der Waals surface area contributed by atoms with Crippen LogP contribution in [0.1, 0.15) is 33.3 Å². The van der Waals surface area contributed by atoms with Gasteiger partial charge in [-0.3, -0.25) is 9.59 Å². The van der Waals surface area contributed by atoms with Gasteiger partial charge in [0.05, 0.1) is 31.2 Å². The second-order valence-corrected chi connectivity index (χ2v) is 6.61. The average molecular weight is 365 g/mol. The molecule has 2 aromatic carbocycles. The van der Waals surface area contributed by atoms with E-state index in [2.05, 4.69) is 0 Å². The van der Waals surface area contributed by atoms with E-state index >= 15 is 0 Å². The van der Waals surface area contributed by atoms with Crippen molar-refractivity contribution in [1.29, 1.82) is 0 Å². The molecule has 0 saturated carbocycles. The predicted molar refractivity (Wildman–Crippen MR) is 101 cm³/mol. The molecule has 1 aliphatic heterocycles. The molecule has 6 nitrogen and oxygen atoms in total. The number of ether oxygens (including phenoxy) is 2. The molecule has 1 atom stereocenters. The fourth-order valence-corrected chi connectivity index (χ4v) is 3.61. The second-order valence-electron chi connectivity index (χ2n) is 6.61. The van der Waals surface area contributed by atoms with E-state index in [-0.39, 0.29) is 17.1 Å². The molecule has 1 aromatic heterocycles. The van der Waals surface area contributed by atoms with Gasteiger partial charge in [0.2, 0.25) is 5.76 Å². The van der Waals surface area contributed by atoms with Crippen LogP contribution in [0, 0.1) is 6.92 Å². The maximum atomic E-state index is 13.2. The molecule has 0 unspecified atom stereocenters. The van der Waals surface area contributed by atoms with E-state index in [1.807, 2.05) is 19.1 Å². The molecule has 138 valence electrons. The number of carbonyl (C=O) groups is 1. The van der Waals surface area contributed by atoms with Crippen molar-refractivity contribution < 1.29 is 18.7 Å². The van der Waals surface area contributed by atoms with Gasteiger partial charge in [0.15, 0.2) is 16.9 Å². The lowest BCUT2D eigenvalue weighted by molar-refractivity contribution is 0.0771. The van der Waals surface area contributed by atoms with Gasteiger partial charge in [-0.15, -0.1) is 0 Å². The fraction of sp³-hybridized carbons (Fsp3) is 0.238. The van der Waals surface area contributed by atoms with Crippen molar-refractivity contribution in [2.45, 2.75) is 13.0 Å². The highest BCUT2D eigenvalue weighted by Gasteiger charge is 2.40. The third-order valence-corrected chi connectivity index (χ3v) is 4.98. The Morgan fingerprint density at radius 2 is 1.74 bits per heavy atom. The van der Waals surface area contributed by atoms with E-state index in [4.69, 9.17) is 13.9 Å². The molecule has 1 amide bonds. The molecule has 0 aliphatic carbocycles. The number of carbonyl (C=O) groups excluding carboxylic acids is 1. The number of methoxy groups -OCH3 is 2. The Hall–Kier alpha value is -3.28. The van der Waals surface area contributed by atoms with Crippen molar-refractivity contribution in [2.75, 3.05) is 21.3 Å². The molecule has 1 aliphatic rings. The maximum absolute atomic E-state index is 13.2. The summed E-state index contributed by atoms with van der Waals surface area (Å²) >= 11 is 0. The molecule has 0 spiro atoms. The first-order valence-corrected chi connectivity index (χ1v) is 8.52. The third kappa shape index (κ3) is 2.48. The van der Waals surface area contributed by atoms with Crippen molar-refractivity contribution in [3.8, 4) is 11.5 Å². The van der Waals surface area contributed by atoms with Crippen LogP contribution in [0.2, 0.25) is 0 Å². The summed E-state index contributed by atoms with van der Waals surface area (Å²) < 4.78 is 16.5. The topological polar surface area (TPSA) is 69.0 Å². The van der Waals surface area contributed by atoms with E-state index in [9.17, 15) is 9.59 Å². The van der Waals surface area contributed by atoms with Crippen LogP contribution in [0.4, 0.5) is 0 Å². The SMILES string of the molecule is COc1ccc([C@@H]2c3c(oc4ccc(C)cc4c3=O)C(=O)N2C)cc1OC. The van der Waals surface area contributed by atoms with Gasteiger partial charge in [-0.2, -0.15) is 0 Å². The molecular formula is C21H19NO5. The minimum absolute atomic E-state index is 0.0960. The molecule has 27 heavy (non-hydrogen) atoms. The maximum Gasteiger partial charge on any atom is 0.290 e. The van der Waals surface area contributed by atoms with Crippen LogP contribution in [0.5, 0.6) is 11.5 Å². The van der Waals surface area contributed by atoms with Gasteiger partial charge in [-0.1, -0.05) is 17.7 Å². The van der Waals surface area contributed by atoms with Crippen LogP contribution in [0.3, 0.4) is 0 Å². The summed E-state index contributed by atoms with van der Waals surface area (Å²) in [6.07, 6.45) is 0. The number of amides is 1. The molecule has 0 fully saturated rings. The number of hydrogen-bond acceptors (Lipinski definition) is 5. The summed E-state index contributed by atoms with van der Waals surface area (Å²) in [5.74, 6) is 0.892. The summed E-state index contributed by atoms with van der Waals surface area (Å²) in [5, 5.41) is 0.474. The molecule has 2 heterocycles. The average Bonchev–Trinajstić information content (AvgIpc) is 2.93. The lowest BCUT2D eigenvalue weighted by atomic mass is 9.98. The van der Waals surface area contributed by atoms with E-state index in [1.54, 1.807) is 45.5 Å². The zero-order chi connectivity index (χ0) is 19.3. The Morgan fingerprint density at radius 3 is 2.44 bits per heavy atom. The van der Waals surface area contributed by atoms with Crippen molar-refractivity contribution in [2.24, 2.45) is 0 Å². The third-order valence-electron chi connectivity index (χ3n) is 4.98. The number of hydrogen-bond donors (Lipinski definition) is 0. The summed E-state index contributed by atoms with van der Waals surface area (Å²) in [6.45, 7) is 1.91. The Balaban J connectivity index is 1.98. The standard InChI is InChI=1S/C21H19NO5/c1-11-5-7-14-13(9-11)19(23)17-18(22(2)21(24)20(17)27-14)12-6-8-15(25-3)16(10-12)26-4/h5-10,18H,1-4H3/t18-/m1/s1. The van der Waals surface area contributed by atoms with Gasteiger partial charge in [-0.05, 0) is 36.8 Å². The van der Waals surface area contributed by atoms with Crippen LogP contribution in [-0.4, -0.2) is 32.1 Å². The summed E-state index contributed by atoms with van der Waals surface area (Å²) in [7, 11) is 4.76.